The number of hydrogen-bond acceptors (Lipinski definition) is 4. The van der Waals surface area contributed by atoms with Crippen LogP contribution >= 0.6 is 11.3 Å². The summed E-state index contributed by atoms with van der Waals surface area (Å²) in [7, 11) is 0. The summed E-state index contributed by atoms with van der Waals surface area (Å²) < 4.78 is 0. The van der Waals surface area contributed by atoms with E-state index in [9.17, 15) is 4.79 Å². The zero-order valence-corrected chi connectivity index (χ0v) is 8.60. The number of amides is 1. The van der Waals surface area contributed by atoms with Crippen LogP contribution in [0.5, 0.6) is 0 Å². The molecule has 4 nitrogen and oxygen atoms in total. The molecule has 1 heterocycles. The standard InChI is InChI=1S/C8H12N2O2S/c1-4-6(3)13-8(9-4)10-7(12)5(2)11/h5,11H,1-3H3,(H,9,10,12). The molecule has 0 aliphatic carbocycles. The van der Waals surface area contributed by atoms with Crippen LogP contribution in [0.3, 0.4) is 0 Å². The van der Waals surface area contributed by atoms with Gasteiger partial charge in [-0.05, 0) is 20.8 Å². The Morgan fingerprint density at radius 1 is 1.62 bits per heavy atom. The number of rotatable bonds is 2. The number of carbonyl (C=O) groups is 1. The van der Waals surface area contributed by atoms with E-state index in [0.29, 0.717) is 5.13 Å². The van der Waals surface area contributed by atoms with E-state index in [4.69, 9.17) is 5.11 Å². The molecule has 0 aliphatic rings. The van der Waals surface area contributed by atoms with Crippen LogP contribution in [0.15, 0.2) is 0 Å². The van der Waals surface area contributed by atoms with Gasteiger partial charge < -0.3 is 5.11 Å². The molecule has 5 heteroatoms. The Morgan fingerprint density at radius 3 is 2.62 bits per heavy atom. The Morgan fingerprint density at radius 2 is 2.23 bits per heavy atom. The van der Waals surface area contributed by atoms with Crippen molar-refractivity contribution in [3.63, 3.8) is 0 Å². The second kappa shape index (κ2) is 3.85. The number of carbonyl (C=O) groups excluding carboxylic acids is 1. The third-order valence-corrected chi connectivity index (χ3v) is 2.63. The fourth-order valence-electron chi connectivity index (χ4n) is 0.736. The molecule has 0 saturated carbocycles. The summed E-state index contributed by atoms with van der Waals surface area (Å²) in [4.78, 5) is 16.2. The lowest BCUT2D eigenvalue weighted by Crippen LogP contribution is -2.24. The van der Waals surface area contributed by atoms with E-state index in [2.05, 4.69) is 10.3 Å². The molecule has 1 unspecified atom stereocenters. The van der Waals surface area contributed by atoms with Crippen molar-refractivity contribution in [1.29, 1.82) is 0 Å². The maximum atomic E-state index is 11.0. The zero-order chi connectivity index (χ0) is 10.0. The van der Waals surface area contributed by atoms with Crippen LogP contribution in [0.4, 0.5) is 5.13 Å². The minimum atomic E-state index is -0.996. The van der Waals surface area contributed by atoms with Crippen molar-refractivity contribution in [2.45, 2.75) is 26.9 Å². The second-order valence-corrected chi connectivity index (χ2v) is 4.03. The Balaban J connectivity index is 2.70. The normalized spacial score (nSPS) is 12.6. The lowest BCUT2D eigenvalue weighted by atomic mass is 10.4. The number of nitrogens with one attached hydrogen (secondary N) is 1. The smallest absolute Gasteiger partial charge is 0.254 e. The molecule has 0 aromatic carbocycles. The molecule has 1 atom stereocenters. The fourth-order valence-corrected chi connectivity index (χ4v) is 1.55. The van der Waals surface area contributed by atoms with Gasteiger partial charge in [0.15, 0.2) is 5.13 Å². The maximum Gasteiger partial charge on any atom is 0.254 e. The summed E-state index contributed by atoms with van der Waals surface area (Å²) in [6.45, 7) is 5.23. The minimum absolute atomic E-state index is 0.422. The Hall–Kier alpha value is -0.940. The van der Waals surface area contributed by atoms with Crippen molar-refractivity contribution < 1.29 is 9.90 Å². The molecule has 0 radical (unpaired) electrons. The summed E-state index contributed by atoms with van der Waals surface area (Å²) in [6, 6.07) is 0. The van der Waals surface area contributed by atoms with Gasteiger partial charge in [0.1, 0.15) is 6.10 Å². The molecule has 13 heavy (non-hydrogen) atoms. The monoisotopic (exact) mass is 200 g/mol. The molecule has 0 saturated heterocycles. The van der Waals surface area contributed by atoms with Gasteiger partial charge in [0.05, 0.1) is 5.69 Å². The molecule has 0 spiro atoms. The molecule has 72 valence electrons. The minimum Gasteiger partial charge on any atom is -0.384 e. The van der Waals surface area contributed by atoms with Crippen LogP contribution in [-0.2, 0) is 4.79 Å². The molecule has 2 N–H and O–H groups in total. The molecule has 1 amide bonds. The number of aliphatic hydroxyl groups is 1. The highest BCUT2D eigenvalue weighted by Crippen LogP contribution is 2.20. The predicted octanol–water partition coefficient (Wildman–Crippen LogP) is 1.08. The first-order valence-corrected chi connectivity index (χ1v) is 4.75. The summed E-state index contributed by atoms with van der Waals surface area (Å²) in [5.41, 5.74) is 0.908. The molecular formula is C8H12N2O2S. The van der Waals surface area contributed by atoms with E-state index in [1.54, 1.807) is 0 Å². The highest BCUT2D eigenvalue weighted by atomic mass is 32.1. The van der Waals surface area contributed by atoms with Gasteiger partial charge in [0, 0.05) is 4.88 Å². The first-order chi connectivity index (χ1) is 6.00. The lowest BCUT2D eigenvalue weighted by Gasteiger charge is -2.02. The van der Waals surface area contributed by atoms with Crippen molar-refractivity contribution in [2.75, 3.05) is 5.32 Å². The van der Waals surface area contributed by atoms with Crippen molar-refractivity contribution in [1.82, 2.24) is 4.98 Å². The van der Waals surface area contributed by atoms with E-state index in [0.717, 1.165) is 10.6 Å². The van der Waals surface area contributed by atoms with Crippen LogP contribution in [-0.4, -0.2) is 22.1 Å². The summed E-state index contributed by atoms with van der Waals surface area (Å²) in [5, 5.41) is 12.0. The fraction of sp³-hybridized carbons (Fsp3) is 0.500. The SMILES string of the molecule is Cc1nc(NC(=O)C(C)O)sc1C. The third kappa shape index (κ3) is 2.50. The number of thiazole rings is 1. The van der Waals surface area contributed by atoms with Gasteiger partial charge in [-0.2, -0.15) is 0 Å². The van der Waals surface area contributed by atoms with Crippen molar-refractivity contribution >= 4 is 22.4 Å². The van der Waals surface area contributed by atoms with E-state index >= 15 is 0 Å². The number of aryl methyl sites for hydroxylation is 2. The quantitative estimate of drug-likeness (QED) is 0.751. The van der Waals surface area contributed by atoms with Gasteiger partial charge in [-0.1, -0.05) is 0 Å². The number of hydrogen-bond donors (Lipinski definition) is 2. The number of anilines is 1. The van der Waals surface area contributed by atoms with Crippen LogP contribution in [0, 0.1) is 13.8 Å². The molecule has 0 bridgehead atoms. The third-order valence-electron chi connectivity index (χ3n) is 1.64. The van der Waals surface area contributed by atoms with E-state index in [1.165, 1.54) is 18.3 Å². The van der Waals surface area contributed by atoms with Crippen LogP contribution in [0.2, 0.25) is 0 Å². The Labute approximate surface area is 80.6 Å². The van der Waals surface area contributed by atoms with Crippen LogP contribution in [0.25, 0.3) is 0 Å². The Bertz CT molecular complexity index is 300. The van der Waals surface area contributed by atoms with Crippen molar-refractivity contribution in [2.24, 2.45) is 0 Å². The molecule has 0 fully saturated rings. The molecule has 1 aromatic heterocycles. The lowest BCUT2D eigenvalue weighted by molar-refractivity contribution is -0.123. The average Bonchev–Trinajstić information content (AvgIpc) is 2.31. The average molecular weight is 200 g/mol. The summed E-state index contributed by atoms with van der Waals surface area (Å²) >= 11 is 1.41. The topological polar surface area (TPSA) is 62.2 Å². The largest absolute Gasteiger partial charge is 0.384 e. The molecule has 0 aliphatic heterocycles. The summed E-state index contributed by atoms with van der Waals surface area (Å²) in [6.07, 6.45) is -0.996. The molecule has 1 aromatic rings. The predicted molar refractivity (Wildman–Crippen MR) is 51.9 cm³/mol. The van der Waals surface area contributed by atoms with Crippen molar-refractivity contribution in [3.8, 4) is 0 Å². The first kappa shape index (κ1) is 10.1. The Kier molecular flexibility index (Phi) is 3.00. The maximum absolute atomic E-state index is 11.0. The van der Waals surface area contributed by atoms with Gasteiger partial charge in [0.25, 0.3) is 5.91 Å². The van der Waals surface area contributed by atoms with E-state index in [1.807, 2.05) is 13.8 Å². The number of aromatic nitrogens is 1. The number of aliphatic hydroxyl groups excluding tert-OH is 1. The van der Waals surface area contributed by atoms with Crippen LogP contribution in [0.1, 0.15) is 17.5 Å². The van der Waals surface area contributed by atoms with Crippen molar-refractivity contribution in [3.05, 3.63) is 10.6 Å². The summed E-state index contributed by atoms with van der Waals surface area (Å²) in [5.74, 6) is -0.422. The van der Waals surface area contributed by atoms with Gasteiger partial charge in [-0.25, -0.2) is 4.98 Å². The van der Waals surface area contributed by atoms with Crippen LogP contribution < -0.4 is 5.32 Å². The van der Waals surface area contributed by atoms with Gasteiger partial charge in [-0.15, -0.1) is 11.3 Å². The van der Waals surface area contributed by atoms with Gasteiger partial charge >= 0.3 is 0 Å². The van der Waals surface area contributed by atoms with Gasteiger partial charge in [0.2, 0.25) is 0 Å². The first-order valence-electron chi connectivity index (χ1n) is 3.93. The number of nitrogens with zero attached hydrogens (tertiary/aromatic N) is 1. The molecule has 1 rings (SSSR count). The van der Waals surface area contributed by atoms with Gasteiger partial charge in [-0.3, -0.25) is 10.1 Å². The highest BCUT2D eigenvalue weighted by molar-refractivity contribution is 7.15. The van der Waals surface area contributed by atoms with E-state index < -0.39 is 12.0 Å². The zero-order valence-electron chi connectivity index (χ0n) is 7.79. The molecular weight excluding hydrogens is 188 g/mol. The van der Waals surface area contributed by atoms with E-state index in [-0.39, 0.29) is 0 Å². The second-order valence-electron chi connectivity index (χ2n) is 2.83. The highest BCUT2D eigenvalue weighted by Gasteiger charge is 2.11.